The van der Waals surface area contributed by atoms with Crippen LogP contribution in [0.5, 0.6) is 17.2 Å². The summed E-state index contributed by atoms with van der Waals surface area (Å²) in [6.07, 6.45) is 0. The topological polar surface area (TPSA) is 102 Å². The minimum absolute atomic E-state index is 0.0884. The number of hydrogen-bond acceptors (Lipinski definition) is 6. The number of halogens is 1. The van der Waals surface area contributed by atoms with E-state index < -0.39 is 12.6 Å². The molecule has 0 bridgehead atoms. The highest BCUT2D eigenvalue weighted by molar-refractivity contribution is 9.10. The number of carboxylic acids is 1. The van der Waals surface area contributed by atoms with Crippen LogP contribution in [-0.4, -0.2) is 22.6 Å². The van der Waals surface area contributed by atoms with Gasteiger partial charge in [0.25, 0.3) is 5.69 Å². The van der Waals surface area contributed by atoms with Crippen molar-refractivity contribution in [2.24, 2.45) is 0 Å². The molecule has 0 fully saturated rings. The summed E-state index contributed by atoms with van der Waals surface area (Å²) in [5, 5.41) is 20.4. The van der Waals surface area contributed by atoms with E-state index in [1.54, 1.807) is 31.2 Å². The molecule has 0 radical (unpaired) electrons. The molecule has 9 heteroatoms. The summed E-state index contributed by atoms with van der Waals surface area (Å²) in [4.78, 5) is 24.1. The third kappa shape index (κ3) is 6.89. The monoisotopic (exact) mass is 576 g/mol. The number of nitro benzene ring substituents is 1. The molecule has 0 aliphatic carbocycles. The van der Waals surface area contributed by atoms with Crippen LogP contribution in [0.1, 0.15) is 16.7 Å². The van der Waals surface area contributed by atoms with E-state index in [9.17, 15) is 14.9 Å². The van der Waals surface area contributed by atoms with Gasteiger partial charge in [-0.1, -0.05) is 48.5 Å². The number of ether oxygens (including phenoxy) is 2. The molecule has 0 aromatic heterocycles. The number of anilines is 1. The van der Waals surface area contributed by atoms with Gasteiger partial charge in [0.2, 0.25) is 0 Å². The van der Waals surface area contributed by atoms with E-state index in [2.05, 4.69) is 20.8 Å². The largest absolute Gasteiger partial charge is 0.481 e. The van der Waals surface area contributed by atoms with E-state index in [1.807, 2.05) is 60.7 Å². The number of nitrogens with zero attached hydrogens (tertiary/aromatic N) is 2. The summed E-state index contributed by atoms with van der Waals surface area (Å²) in [6, 6.07) is 27.8. The highest BCUT2D eigenvalue weighted by Crippen LogP contribution is 2.33. The van der Waals surface area contributed by atoms with Gasteiger partial charge < -0.3 is 19.5 Å². The lowest BCUT2D eigenvalue weighted by molar-refractivity contribution is -0.385. The molecule has 4 rings (SSSR count). The first kappa shape index (κ1) is 26.7. The number of benzene rings is 4. The van der Waals surface area contributed by atoms with Crippen molar-refractivity contribution >= 4 is 33.3 Å². The van der Waals surface area contributed by atoms with Crippen molar-refractivity contribution in [3.63, 3.8) is 0 Å². The molecule has 0 heterocycles. The average molecular weight is 577 g/mol. The average Bonchev–Trinajstić information content (AvgIpc) is 2.90. The maximum absolute atomic E-state index is 11.5. The van der Waals surface area contributed by atoms with Gasteiger partial charge in [-0.3, -0.25) is 10.1 Å². The fraction of sp³-hybridized carbons (Fsp3) is 0.138. The SMILES string of the molecule is Cc1c(N(Cc2ccccc2)Cc2ccc(Oc3ccc(Br)c(OCC(=O)O)c3)cc2)cccc1[N+](=O)[O-]. The van der Waals surface area contributed by atoms with Crippen LogP contribution in [0, 0.1) is 17.0 Å². The van der Waals surface area contributed by atoms with Crippen LogP contribution in [-0.2, 0) is 17.9 Å². The second-order valence-electron chi connectivity index (χ2n) is 8.54. The number of carbonyl (C=O) groups is 1. The Labute approximate surface area is 228 Å². The third-order valence-corrected chi connectivity index (χ3v) is 6.47. The Balaban J connectivity index is 1.54. The van der Waals surface area contributed by atoms with Crippen LogP contribution in [0.3, 0.4) is 0 Å². The molecule has 38 heavy (non-hydrogen) atoms. The fourth-order valence-electron chi connectivity index (χ4n) is 4.00. The first-order valence-electron chi connectivity index (χ1n) is 11.7. The lowest BCUT2D eigenvalue weighted by Crippen LogP contribution is -2.23. The zero-order chi connectivity index (χ0) is 27.1. The van der Waals surface area contributed by atoms with Crippen molar-refractivity contribution < 1.29 is 24.3 Å². The zero-order valence-electron chi connectivity index (χ0n) is 20.5. The standard InChI is InChI=1S/C29H25BrN2O6/c1-20-26(8-5-9-27(20)32(35)36)31(17-21-6-3-2-4-7-21)18-22-10-12-23(13-11-22)38-24-14-15-25(30)28(16-24)37-19-29(33)34/h2-16H,17-19H2,1H3,(H,33,34). The van der Waals surface area contributed by atoms with Crippen molar-refractivity contribution in [1.29, 1.82) is 0 Å². The fourth-order valence-corrected chi connectivity index (χ4v) is 4.36. The molecular weight excluding hydrogens is 552 g/mol. The predicted octanol–water partition coefficient (Wildman–Crippen LogP) is 7.13. The van der Waals surface area contributed by atoms with Gasteiger partial charge in [0.15, 0.2) is 6.61 Å². The third-order valence-electron chi connectivity index (χ3n) is 5.82. The van der Waals surface area contributed by atoms with Gasteiger partial charge in [0.1, 0.15) is 17.2 Å². The summed E-state index contributed by atoms with van der Waals surface area (Å²) in [5.74, 6) is 0.395. The van der Waals surface area contributed by atoms with Crippen molar-refractivity contribution in [3.05, 3.63) is 122 Å². The Morgan fingerprint density at radius 2 is 1.58 bits per heavy atom. The molecule has 0 spiro atoms. The molecule has 0 atom stereocenters. The van der Waals surface area contributed by atoms with Gasteiger partial charge in [0.05, 0.1) is 15.0 Å². The number of nitro groups is 1. The second kappa shape index (κ2) is 12.2. The maximum atomic E-state index is 11.5. The molecule has 0 aliphatic heterocycles. The van der Waals surface area contributed by atoms with Crippen molar-refractivity contribution in [3.8, 4) is 17.2 Å². The lowest BCUT2D eigenvalue weighted by Gasteiger charge is -2.27. The smallest absolute Gasteiger partial charge is 0.341 e. The first-order chi connectivity index (χ1) is 18.3. The van der Waals surface area contributed by atoms with E-state index in [0.29, 0.717) is 40.4 Å². The summed E-state index contributed by atoms with van der Waals surface area (Å²) in [6.45, 7) is 2.43. The molecule has 4 aromatic carbocycles. The number of rotatable bonds is 11. The van der Waals surface area contributed by atoms with Crippen LogP contribution in [0.4, 0.5) is 11.4 Å². The molecule has 0 unspecified atom stereocenters. The molecule has 8 nitrogen and oxygen atoms in total. The number of aliphatic carboxylic acids is 1. The molecule has 4 aromatic rings. The Morgan fingerprint density at radius 1 is 0.921 bits per heavy atom. The summed E-state index contributed by atoms with van der Waals surface area (Å²) < 4.78 is 11.9. The molecule has 0 saturated heterocycles. The van der Waals surface area contributed by atoms with Crippen LogP contribution >= 0.6 is 15.9 Å². The highest BCUT2D eigenvalue weighted by Gasteiger charge is 2.18. The normalized spacial score (nSPS) is 10.6. The highest BCUT2D eigenvalue weighted by atomic mass is 79.9. The molecular formula is C29H25BrN2O6. The van der Waals surface area contributed by atoms with Gasteiger partial charge in [-0.25, -0.2) is 4.79 Å². The Bertz CT molecular complexity index is 1430. The quantitative estimate of drug-likeness (QED) is 0.150. The van der Waals surface area contributed by atoms with Gasteiger partial charge in [-0.2, -0.15) is 0 Å². The molecule has 0 saturated carbocycles. The van der Waals surface area contributed by atoms with Gasteiger partial charge in [-0.05, 0) is 64.3 Å². The Kier molecular flexibility index (Phi) is 8.60. The molecule has 1 N–H and O–H groups in total. The van der Waals surface area contributed by atoms with Crippen LogP contribution < -0.4 is 14.4 Å². The van der Waals surface area contributed by atoms with Crippen LogP contribution in [0.25, 0.3) is 0 Å². The van der Waals surface area contributed by atoms with Gasteiger partial charge >= 0.3 is 5.97 Å². The Morgan fingerprint density at radius 3 is 2.24 bits per heavy atom. The van der Waals surface area contributed by atoms with E-state index in [-0.39, 0.29) is 10.6 Å². The van der Waals surface area contributed by atoms with E-state index in [4.69, 9.17) is 14.6 Å². The minimum atomic E-state index is -1.07. The second-order valence-corrected chi connectivity index (χ2v) is 9.40. The predicted molar refractivity (Wildman–Crippen MR) is 148 cm³/mol. The zero-order valence-corrected chi connectivity index (χ0v) is 22.1. The van der Waals surface area contributed by atoms with Crippen molar-refractivity contribution in [2.45, 2.75) is 20.0 Å². The maximum Gasteiger partial charge on any atom is 0.341 e. The van der Waals surface area contributed by atoms with Gasteiger partial charge in [0, 0.05) is 30.9 Å². The van der Waals surface area contributed by atoms with Crippen LogP contribution in [0.15, 0.2) is 95.5 Å². The van der Waals surface area contributed by atoms with E-state index in [1.165, 1.54) is 6.07 Å². The van der Waals surface area contributed by atoms with Crippen molar-refractivity contribution in [2.75, 3.05) is 11.5 Å². The lowest BCUT2D eigenvalue weighted by atomic mass is 10.1. The summed E-state index contributed by atoms with van der Waals surface area (Å²) in [5.41, 5.74) is 3.59. The van der Waals surface area contributed by atoms with E-state index in [0.717, 1.165) is 16.8 Å². The van der Waals surface area contributed by atoms with E-state index >= 15 is 0 Å². The van der Waals surface area contributed by atoms with Crippen molar-refractivity contribution in [1.82, 2.24) is 0 Å². The summed E-state index contributed by atoms with van der Waals surface area (Å²) in [7, 11) is 0. The molecule has 0 aliphatic rings. The van der Waals surface area contributed by atoms with Gasteiger partial charge in [-0.15, -0.1) is 0 Å². The number of hydrogen-bond donors (Lipinski definition) is 1. The minimum Gasteiger partial charge on any atom is -0.481 e. The Hall–Kier alpha value is -4.37. The summed E-state index contributed by atoms with van der Waals surface area (Å²) >= 11 is 3.34. The number of carboxylic acid groups (broad SMARTS) is 1. The first-order valence-corrected chi connectivity index (χ1v) is 12.5. The van der Waals surface area contributed by atoms with Crippen LogP contribution in [0.2, 0.25) is 0 Å². The molecule has 194 valence electrons. The molecule has 0 amide bonds.